The van der Waals surface area contributed by atoms with Crippen molar-refractivity contribution in [2.75, 3.05) is 0 Å². The lowest BCUT2D eigenvalue weighted by atomic mass is 10.6. The number of allylic oxidation sites excluding steroid dienone is 2. The largest absolute Gasteiger partial charge is 0.288 e. The summed E-state index contributed by atoms with van der Waals surface area (Å²) in [6, 6.07) is 0. The van der Waals surface area contributed by atoms with Crippen molar-refractivity contribution in [2.45, 2.75) is 0 Å². The van der Waals surface area contributed by atoms with Crippen molar-refractivity contribution in [3.63, 3.8) is 0 Å². The Morgan fingerprint density at radius 1 is 1.57 bits per heavy atom. The fourth-order valence-corrected chi connectivity index (χ4v) is 0.0772. The summed E-state index contributed by atoms with van der Waals surface area (Å²) < 4.78 is 22.2. The third kappa shape index (κ3) is 2.34. The molecule has 0 spiro atoms. The molecule has 0 aliphatic heterocycles. The minimum absolute atomic E-state index is 0.583. The Labute approximate surface area is 45.1 Å². The van der Waals surface area contributed by atoms with Gasteiger partial charge in [0.2, 0.25) is 0 Å². The van der Waals surface area contributed by atoms with Gasteiger partial charge in [0.05, 0.1) is 0 Å². The topological polar surface area (TPSA) is 0 Å². The van der Waals surface area contributed by atoms with Crippen molar-refractivity contribution < 1.29 is 8.78 Å². The van der Waals surface area contributed by atoms with Crippen molar-refractivity contribution in [3.8, 4) is 0 Å². The van der Waals surface area contributed by atoms with Crippen LogP contribution < -0.4 is 0 Å². The first kappa shape index (κ1) is 6.63. The fourth-order valence-electron chi connectivity index (χ4n) is 0.0772. The van der Waals surface area contributed by atoms with E-state index >= 15 is 0 Å². The molecular weight excluding hydrogens is 121 g/mol. The van der Waals surface area contributed by atoms with Gasteiger partial charge < -0.3 is 0 Å². The maximum absolute atomic E-state index is 11.1. The van der Waals surface area contributed by atoms with Crippen molar-refractivity contribution in [1.82, 2.24) is 0 Å². The zero-order valence-corrected chi connectivity index (χ0v) is 4.17. The zero-order chi connectivity index (χ0) is 5.86. The molecule has 0 saturated heterocycles. The molecule has 7 heavy (non-hydrogen) atoms. The summed E-state index contributed by atoms with van der Waals surface area (Å²) in [6.07, 6.45) is -1.01. The van der Waals surface area contributed by atoms with Crippen LogP contribution in [0.25, 0.3) is 0 Å². The summed E-state index contributed by atoms with van der Waals surface area (Å²) in [5.41, 5.74) is 0. The molecule has 3 heteroatoms. The Hall–Kier alpha value is -0.370. The van der Waals surface area contributed by atoms with Crippen molar-refractivity contribution in [3.05, 3.63) is 23.8 Å². The van der Waals surface area contributed by atoms with Gasteiger partial charge in [-0.2, -0.15) is 8.78 Å². The van der Waals surface area contributed by atoms with Gasteiger partial charge in [-0.1, -0.05) is 18.2 Å². The Kier molecular flexibility index (Phi) is 2.60. The van der Waals surface area contributed by atoms with E-state index in [9.17, 15) is 8.78 Å². The third-order valence-corrected chi connectivity index (χ3v) is 0.657. The maximum Gasteiger partial charge on any atom is 0.288 e. The second-order valence-electron chi connectivity index (χ2n) is 0.812. The molecule has 0 fully saturated rings. The second-order valence-corrected chi connectivity index (χ2v) is 1.22. The van der Waals surface area contributed by atoms with Gasteiger partial charge >= 0.3 is 0 Å². The smallest absolute Gasteiger partial charge is 0.172 e. The number of rotatable bonds is 1. The predicted molar refractivity (Wildman–Crippen MR) is 25.3 cm³/mol. The molecule has 0 bridgehead atoms. The monoisotopic (exact) mass is 124 g/mol. The highest BCUT2D eigenvalue weighted by Gasteiger charge is 1.93. The van der Waals surface area contributed by atoms with E-state index in [2.05, 4.69) is 6.58 Å². The average molecular weight is 125 g/mol. The van der Waals surface area contributed by atoms with Crippen LogP contribution in [0, 0.1) is 0 Å². The molecule has 40 valence electrons. The molecule has 0 aliphatic rings. The lowest BCUT2D eigenvalue weighted by Crippen LogP contribution is -1.60. The van der Waals surface area contributed by atoms with E-state index in [0.29, 0.717) is 0 Å². The van der Waals surface area contributed by atoms with Crippen LogP contribution in [0.4, 0.5) is 8.78 Å². The van der Waals surface area contributed by atoms with Gasteiger partial charge in [0.25, 0.3) is 6.08 Å². The number of hydrogen-bond donors (Lipinski definition) is 0. The van der Waals surface area contributed by atoms with Crippen LogP contribution in [0.5, 0.6) is 0 Å². The van der Waals surface area contributed by atoms with Gasteiger partial charge in [-0.3, -0.25) is 0 Å². The van der Waals surface area contributed by atoms with E-state index in [1.165, 1.54) is 0 Å². The fraction of sp³-hybridized carbons (Fsp3) is 0. The van der Waals surface area contributed by atoms with Gasteiger partial charge in [0, 0.05) is 0 Å². The van der Waals surface area contributed by atoms with Crippen LogP contribution >= 0.6 is 11.6 Å². The first-order valence-corrected chi connectivity index (χ1v) is 1.89. The number of hydrogen-bond acceptors (Lipinski definition) is 0. The minimum Gasteiger partial charge on any atom is -0.172 e. The molecule has 0 amide bonds. The van der Waals surface area contributed by atoms with E-state index < -0.39 is 11.1 Å². The summed E-state index contributed by atoms with van der Waals surface area (Å²) in [4.78, 5) is 0. The molecule has 0 nitrogen and oxygen atoms in total. The Morgan fingerprint density at radius 2 is 2.00 bits per heavy atom. The summed E-state index contributed by atoms with van der Waals surface area (Å²) in [6.45, 7) is 3.01. The van der Waals surface area contributed by atoms with E-state index in [-0.39, 0.29) is 0 Å². The van der Waals surface area contributed by atoms with Crippen LogP contribution in [-0.2, 0) is 0 Å². The second kappa shape index (κ2) is 2.75. The Morgan fingerprint density at radius 3 is 2.00 bits per heavy atom. The molecule has 0 N–H and O–H groups in total. The lowest BCUT2D eigenvalue weighted by molar-refractivity contribution is 0.419. The average Bonchev–Trinajstić information content (AvgIpc) is 1.65. The molecule has 0 aromatic carbocycles. The summed E-state index contributed by atoms with van der Waals surface area (Å²) in [5, 5.41) is -0.583. The predicted octanol–water partition coefficient (Wildman–Crippen LogP) is 2.52. The van der Waals surface area contributed by atoms with E-state index in [4.69, 9.17) is 11.6 Å². The molecule has 0 rings (SSSR count). The molecule has 0 atom stereocenters. The highest BCUT2D eigenvalue weighted by Crippen LogP contribution is 2.11. The van der Waals surface area contributed by atoms with Gasteiger partial charge in [-0.25, -0.2) is 0 Å². The van der Waals surface area contributed by atoms with Crippen LogP contribution in [0.2, 0.25) is 0 Å². The van der Waals surface area contributed by atoms with Gasteiger partial charge in [0.15, 0.2) is 0 Å². The third-order valence-electron chi connectivity index (χ3n) is 0.360. The normalized spacial score (nSPS) is 7.86. The van der Waals surface area contributed by atoms with Crippen LogP contribution in [0.1, 0.15) is 0 Å². The summed E-state index contributed by atoms with van der Waals surface area (Å²) in [5.74, 6) is 0. The van der Waals surface area contributed by atoms with Crippen molar-refractivity contribution >= 4 is 11.6 Å². The van der Waals surface area contributed by atoms with Crippen molar-refractivity contribution in [2.24, 2.45) is 0 Å². The molecule has 0 saturated carbocycles. The molecule has 0 aliphatic carbocycles. The summed E-state index contributed by atoms with van der Waals surface area (Å²) >= 11 is 4.81. The van der Waals surface area contributed by atoms with Crippen LogP contribution in [0.3, 0.4) is 0 Å². The quantitative estimate of drug-likeness (QED) is 0.471. The first-order chi connectivity index (χ1) is 3.18. The molecule has 0 unspecified atom stereocenters. The zero-order valence-electron chi connectivity index (χ0n) is 3.42. The van der Waals surface area contributed by atoms with Gasteiger partial charge in [-0.05, 0) is 6.08 Å². The maximum atomic E-state index is 11.1. The standard InChI is InChI=1S/C4H3ClF2/c1-2-3(5)4(6)7/h2H,1H2. The van der Waals surface area contributed by atoms with E-state index in [1.807, 2.05) is 0 Å². The number of halogens is 3. The molecular formula is C4H3ClF2. The highest BCUT2D eigenvalue weighted by atomic mass is 35.5. The van der Waals surface area contributed by atoms with Gasteiger partial charge in [0.1, 0.15) is 5.03 Å². The molecule has 0 aromatic heterocycles. The molecule has 0 radical (unpaired) electrons. The van der Waals surface area contributed by atoms with Crippen LogP contribution in [-0.4, -0.2) is 0 Å². The Balaban J connectivity index is 3.98. The van der Waals surface area contributed by atoms with Crippen LogP contribution in [0.15, 0.2) is 23.8 Å². The first-order valence-electron chi connectivity index (χ1n) is 1.51. The van der Waals surface area contributed by atoms with Crippen molar-refractivity contribution in [1.29, 1.82) is 0 Å². The van der Waals surface area contributed by atoms with Gasteiger partial charge in [-0.15, -0.1) is 0 Å². The SMILES string of the molecule is C=CC(Cl)=C(F)F. The van der Waals surface area contributed by atoms with E-state index in [0.717, 1.165) is 6.08 Å². The molecule has 0 heterocycles. The lowest BCUT2D eigenvalue weighted by Gasteiger charge is -1.78. The highest BCUT2D eigenvalue weighted by molar-refractivity contribution is 6.31. The molecule has 0 aromatic rings. The van der Waals surface area contributed by atoms with E-state index in [1.54, 1.807) is 0 Å². The summed E-state index contributed by atoms with van der Waals surface area (Å²) in [7, 11) is 0. The Bertz CT molecular complexity index is 102. The minimum atomic E-state index is -1.89.